The maximum atomic E-state index is 12.9. The SMILES string of the molecule is Cc1cc(C)cc(C(=O)N(CC2CCNCC2)C2CC2)c1. The number of rotatable bonds is 4. The Morgan fingerprint density at radius 2 is 1.71 bits per heavy atom. The highest BCUT2D eigenvalue weighted by Crippen LogP contribution is 2.30. The van der Waals surface area contributed by atoms with E-state index in [0.29, 0.717) is 12.0 Å². The first-order valence-corrected chi connectivity index (χ1v) is 8.23. The number of carbonyl (C=O) groups excluding carboxylic acids is 1. The standard InChI is InChI=1S/C18H26N2O/c1-13-9-14(2)11-16(10-13)18(21)20(17-3-4-17)12-15-5-7-19-8-6-15/h9-11,15,17,19H,3-8,12H2,1-2H3. The normalized spacial score (nSPS) is 19.5. The first-order chi connectivity index (χ1) is 10.1. The Balaban J connectivity index is 1.74. The van der Waals surface area contributed by atoms with Crippen molar-refractivity contribution in [3.8, 4) is 0 Å². The monoisotopic (exact) mass is 286 g/mol. The van der Waals surface area contributed by atoms with Gasteiger partial charge in [0.2, 0.25) is 0 Å². The van der Waals surface area contributed by atoms with Crippen LogP contribution < -0.4 is 5.32 Å². The third kappa shape index (κ3) is 3.65. The van der Waals surface area contributed by atoms with E-state index in [9.17, 15) is 4.79 Å². The number of nitrogens with zero attached hydrogens (tertiary/aromatic N) is 1. The minimum absolute atomic E-state index is 0.239. The van der Waals surface area contributed by atoms with Crippen molar-refractivity contribution < 1.29 is 4.79 Å². The van der Waals surface area contributed by atoms with E-state index in [2.05, 4.69) is 30.1 Å². The van der Waals surface area contributed by atoms with Crippen LogP contribution in [-0.2, 0) is 0 Å². The van der Waals surface area contributed by atoms with Gasteiger partial charge >= 0.3 is 0 Å². The third-order valence-corrected chi connectivity index (χ3v) is 4.63. The lowest BCUT2D eigenvalue weighted by atomic mass is 9.97. The molecule has 2 aliphatic rings. The quantitative estimate of drug-likeness (QED) is 0.923. The fraction of sp³-hybridized carbons (Fsp3) is 0.611. The lowest BCUT2D eigenvalue weighted by molar-refractivity contribution is 0.0701. The van der Waals surface area contributed by atoms with Crippen LogP contribution in [0.15, 0.2) is 18.2 Å². The maximum absolute atomic E-state index is 12.9. The molecule has 0 spiro atoms. The third-order valence-electron chi connectivity index (χ3n) is 4.63. The highest BCUT2D eigenvalue weighted by Gasteiger charge is 2.34. The van der Waals surface area contributed by atoms with Gasteiger partial charge in [0.05, 0.1) is 0 Å². The summed E-state index contributed by atoms with van der Waals surface area (Å²) in [6.07, 6.45) is 4.76. The molecule has 1 saturated carbocycles. The van der Waals surface area contributed by atoms with Gasteiger partial charge in [-0.2, -0.15) is 0 Å². The average molecular weight is 286 g/mol. The van der Waals surface area contributed by atoms with Crippen LogP contribution in [0.25, 0.3) is 0 Å². The Bertz CT molecular complexity index is 496. The molecule has 0 atom stereocenters. The van der Waals surface area contributed by atoms with Crippen LogP contribution in [0.2, 0.25) is 0 Å². The molecule has 1 aromatic carbocycles. The molecule has 1 aromatic rings. The first-order valence-electron chi connectivity index (χ1n) is 8.23. The number of aryl methyl sites for hydroxylation is 2. The van der Waals surface area contributed by atoms with Gasteiger partial charge < -0.3 is 10.2 Å². The highest BCUT2D eigenvalue weighted by atomic mass is 16.2. The molecule has 0 bridgehead atoms. The molecule has 1 heterocycles. The van der Waals surface area contributed by atoms with Crippen molar-refractivity contribution in [3.63, 3.8) is 0 Å². The number of nitrogens with one attached hydrogen (secondary N) is 1. The van der Waals surface area contributed by atoms with Crippen LogP contribution in [0.1, 0.15) is 47.2 Å². The predicted octanol–water partition coefficient (Wildman–Crippen LogP) is 2.91. The summed E-state index contributed by atoms with van der Waals surface area (Å²) in [5.41, 5.74) is 3.22. The molecule has 1 amide bonds. The van der Waals surface area contributed by atoms with E-state index in [1.807, 2.05) is 12.1 Å². The molecule has 2 fully saturated rings. The summed E-state index contributed by atoms with van der Waals surface area (Å²) in [7, 11) is 0. The number of carbonyl (C=O) groups is 1. The van der Waals surface area contributed by atoms with Crippen LogP contribution >= 0.6 is 0 Å². The molecule has 1 saturated heterocycles. The topological polar surface area (TPSA) is 32.3 Å². The summed E-state index contributed by atoms with van der Waals surface area (Å²) < 4.78 is 0. The number of benzene rings is 1. The molecule has 0 aromatic heterocycles. The fourth-order valence-electron chi connectivity index (χ4n) is 3.39. The van der Waals surface area contributed by atoms with E-state index in [0.717, 1.165) is 25.2 Å². The number of amides is 1. The van der Waals surface area contributed by atoms with E-state index in [1.165, 1.54) is 36.8 Å². The number of hydrogen-bond acceptors (Lipinski definition) is 2. The molecule has 21 heavy (non-hydrogen) atoms. The molecular weight excluding hydrogens is 260 g/mol. The van der Waals surface area contributed by atoms with Crippen molar-refractivity contribution in [2.75, 3.05) is 19.6 Å². The van der Waals surface area contributed by atoms with Crippen molar-refractivity contribution in [3.05, 3.63) is 34.9 Å². The predicted molar refractivity (Wildman–Crippen MR) is 85.6 cm³/mol. The van der Waals surface area contributed by atoms with E-state index in [4.69, 9.17) is 0 Å². The van der Waals surface area contributed by atoms with E-state index in [-0.39, 0.29) is 5.91 Å². The smallest absolute Gasteiger partial charge is 0.254 e. The lowest BCUT2D eigenvalue weighted by Gasteiger charge is -2.30. The van der Waals surface area contributed by atoms with Gasteiger partial charge in [0.1, 0.15) is 0 Å². The summed E-state index contributed by atoms with van der Waals surface area (Å²) in [6, 6.07) is 6.69. The molecule has 1 N–H and O–H groups in total. The van der Waals surface area contributed by atoms with Gasteiger partial charge in [0, 0.05) is 18.2 Å². The van der Waals surface area contributed by atoms with E-state index in [1.54, 1.807) is 0 Å². The highest BCUT2D eigenvalue weighted by molar-refractivity contribution is 5.95. The van der Waals surface area contributed by atoms with Crippen LogP contribution in [-0.4, -0.2) is 36.5 Å². The van der Waals surface area contributed by atoms with Gasteiger partial charge in [-0.25, -0.2) is 0 Å². The number of piperidine rings is 1. The zero-order valence-electron chi connectivity index (χ0n) is 13.2. The van der Waals surface area contributed by atoms with Gasteiger partial charge in [-0.1, -0.05) is 17.2 Å². The van der Waals surface area contributed by atoms with E-state index >= 15 is 0 Å². The van der Waals surface area contributed by atoms with Crippen LogP contribution in [0.3, 0.4) is 0 Å². The van der Waals surface area contributed by atoms with Crippen LogP contribution in [0.4, 0.5) is 0 Å². The molecule has 0 radical (unpaired) electrons. The number of hydrogen-bond donors (Lipinski definition) is 1. The van der Waals surface area contributed by atoms with Gasteiger partial charge in [-0.15, -0.1) is 0 Å². The second kappa shape index (κ2) is 6.18. The zero-order chi connectivity index (χ0) is 14.8. The summed E-state index contributed by atoms with van der Waals surface area (Å²) >= 11 is 0. The molecule has 1 aliphatic heterocycles. The minimum Gasteiger partial charge on any atom is -0.335 e. The van der Waals surface area contributed by atoms with Gasteiger partial charge in [-0.05, 0) is 70.7 Å². The van der Waals surface area contributed by atoms with Crippen molar-refractivity contribution >= 4 is 5.91 Å². The Hall–Kier alpha value is -1.35. The van der Waals surface area contributed by atoms with Crippen molar-refractivity contribution in [1.29, 1.82) is 0 Å². The summed E-state index contributed by atoms with van der Waals surface area (Å²) in [4.78, 5) is 15.1. The largest absolute Gasteiger partial charge is 0.335 e. The minimum atomic E-state index is 0.239. The molecule has 3 heteroatoms. The van der Waals surface area contributed by atoms with Crippen LogP contribution in [0.5, 0.6) is 0 Å². The fourth-order valence-corrected chi connectivity index (χ4v) is 3.39. The first kappa shape index (κ1) is 14.6. The molecular formula is C18H26N2O. The van der Waals surface area contributed by atoms with Gasteiger partial charge in [-0.3, -0.25) is 4.79 Å². The molecule has 3 rings (SSSR count). The summed E-state index contributed by atoms with van der Waals surface area (Å²) in [5.74, 6) is 0.907. The van der Waals surface area contributed by atoms with Gasteiger partial charge in [0.25, 0.3) is 5.91 Å². The molecule has 1 aliphatic carbocycles. The molecule has 114 valence electrons. The second-order valence-corrected chi connectivity index (χ2v) is 6.76. The second-order valence-electron chi connectivity index (χ2n) is 6.76. The average Bonchev–Trinajstić information content (AvgIpc) is 3.29. The Morgan fingerprint density at radius 3 is 2.29 bits per heavy atom. The molecule has 0 unspecified atom stereocenters. The van der Waals surface area contributed by atoms with Crippen LogP contribution in [0, 0.1) is 19.8 Å². The Kier molecular flexibility index (Phi) is 4.29. The van der Waals surface area contributed by atoms with Crippen molar-refractivity contribution in [2.45, 2.75) is 45.6 Å². The van der Waals surface area contributed by atoms with E-state index < -0.39 is 0 Å². The van der Waals surface area contributed by atoms with Crippen molar-refractivity contribution in [1.82, 2.24) is 10.2 Å². The molecule has 3 nitrogen and oxygen atoms in total. The van der Waals surface area contributed by atoms with Crippen molar-refractivity contribution in [2.24, 2.45) is 5.92 Å². The Labute approximate surface area is 127 Å². The van der Waals surface area contributed by atoms with Gasteiger partial charge in [0.15, 0.2) is 0 Å². The lowest BCUT2D eigenvalue weighted by Crippen LogP contribution is -2.40. The summed E-state index contributed by atoms with van der Waals surface area (Å²) in [6.45, 7) is 7.27. The Morgan fingerprint density at radius 1 is 1.10 bits per heavy atom. The maximum Gasteiger partial charge on any atom is 0.254 e. The summed E-state index contributed by atoms with van der Waals surface area (Å²) in [5, 5.41) is 3.41. The zero-order valence-corrected chi connectivity index (χ0v) is 13.2.